The number of carbonyl (C=O) groups excluding carboxylic acids is 3. The van der Waals surface area contributed by atoms with E-state index >= 15 is 0 Å². The number of thiazole rings is 1. The summed E-state index contributed by atoms with van der Waals surface area (Å²) in [6.45, 7) is 2.51. The van der Waals surface area contributed by atoms with Crippen LogP contribution in [0.3, 0.4) is 0 Å². The van der Waals surface area contributed by atoms with Crippen LogP contribution in [0, 0.1) is 0 Å². The Kier molecular flexibility index (Phi) is 5.70. The fourth-order valence-corrected chi connectivity index (χ4v) is 6.79. The van der Waals surface area contributed by atoms with E-state index in [9.17, 15) is 22.8 Å². The molecule has 34 heavy (non-hydrogen) atoms. The summed E-state index contributed by atoms with van der Waals surface area (Å²) in [4.78, 5) is 43.7. The topological polar surface area (TPSA) is 117 Å². The first-order valence-corrected chi connectivity index (χ1v) is 13.2. The number of aromatic nitrogens is 1. The smallest absolute Gasteiger partial charge is 0.262 e. The third-order valence-corrected chi connectivity index (χ3v) is 8.96. The zero-order valence-corrected chi connectivity index (χ0v) is 20.0. The van der Waals surface area contributed by atoms with Crippen LogP contribution in [0.4, 0.5) is 5.13 Å². The van der Waals surface area contributed by atoms with E-state index < -0.39 is 33.8 Å². The molecule has 1 saturated heterocycles. The van der Waals surface area contributed by atoms with E-state index in [2.05, 4.69) is 10.3 Å². The van der Waals surface area contributed by atoms with Crippen LogP contribution in [-0.2, 0) is 14.8 Å². The third kappa shape index (κ3) is 3.79. The van der Waals surface area contributed by atoms with Gasteiger partial charge in [-0.25, -0.2) is 13.4 Å². The first-order valence-electron chi connectivity index (χ1n) is 11.0. The highest BCUT2D eigenvalue weighted by atomic mass is 32.2. The predicted molar refractivity (Wildman–Crippen MR) is 127 cm³/mol. The fourth-order valence-electron chi connectivity index (χ4n) is 4.26. The summed E-state index contributed by atoms with van der Waals surface area (Å²) in [5.41, 5.74) is 1.09. The van der Waals surface area contributed by atoms with Gasteiger partial charge in [-0.1, -0.05) is 29.9 Å². The zero-order valence-electron chi connectivity index (χ0n) is 18.4. The molecule has 0 bridgehead atoms. The van der Waals surface area contributed by atoms with Crippen LogP contribution in [0.2, 0.25) is 0 Å². The highest BCUT2D eigenvalue weighted by Gasteiger charge is 2.40. The van der Waals surface area contributed by atoms with E-state index in [0.717, 1.165) is 35.5 Å². The molecular formula is C23H22N4O5S2. The SMILES string of the molecule is C[C@H](C(=O)Nc1nc2ccc(S(=O)(=O)N3CCCCC3)cc2s1)N1C(=O)c2ccccc2C1=O. The number of piperidine rings is 1. The monoisotopic (exact) mass is 498 g/mol. The van der Waals surface area contributed by atoms with E-state index in [-0.39, 0.29) is 21.2 Å². The molecule has 1 aromatic heterocycles. The number of imide groups is 1. The average Bonchev–Trinajstić information content (AvgIpc) is 3.36. The number of rotatable bonds is 5. The largest absolute Gasteiger partial charge is 0.300 e. The second kappa shape index (κ2) is 8.57. The molecule has 0 unspecified atom stereocenters. The molecule has 3 amide bonds. The molecule has 1 N–H and O–H groups in total. The number of fused-ring (bicyclic) bond motifs is 2. The van der Waals surface area contributed by atoms with Crippen LogP contribution < -0.4 is 5.32 Å². The number of nitrogens with one attached hydrogen (secondary N) is 1. The van der Waals surface area contributed by atoms with Crippen molar-refractivity contribution in [1.82, 2.24) is 14.2 Å². The third-order valence-electron chi connectivity index (χ3n) is 6.14. The van der Waals surface area contributed by atoms with E-state index in [1.54, 1.807) is 36.4 Å². The normalized spacial score (nSPS) is 17.7. The van der Waals surface area contributed by atoms with Gasteiger partial charge < -0.3 is 5.32 Å². The molecule has 1 atom stereocenters. The van der Waals surface area contributed by atoms with Crippen molar-refractivity contribution in [3.8, 4) is 0 Å². The Bertz CT molecular complexity index is 1390. The van der Waals surface area contributed by atoms with Crippen LogP contribution in [0.25, 0.3) is 10.2 Å². The summed E-state index contributed by atoms with van der Waals surface area (Å²) in [5.74, 6) is -1.59. The first-order chi connectivity index (χ1) is 16.3. The number of carbonyl (C=O) groups is 3. The van der Waals surface area contributed by atoms with Crippen LogP contribution in [0.15, 0.2) is 47.4 Å². The lowest BCUT2D eigenvalue weighted by molar-refractivity contribution is -0.119. The van der Waals surface area contributed by atoms with Gasteiger partial charge in [-0.15, -0.1) is 0 Å². The molecule has 0 spiro atoms. The Balaban J connectivity index is 1.35. The van der Waals surface area contributed by atoms with Crippen molar-refractivity contribution in [2.45, 2.75) is 37.1 Å². The van der Waals surface area contributed by atoms with E-state index in [0.29, 0.717) is 23.3 Å². The van der Waals surface area contributed by atoms with Gasteiger partial charge in [0.05, 0.1) is 26.2 Å². The van der Waals surface area contributed by atoms with Gasteiger partial charge >= 0.3 is 0 Å². The number of hydrogen-bond donors (Lipinski definition) is 1. The Morgan fingerprint density at radius 1 is 1.03 bits per heavy atom. The molecule has 5 rings (SSSR count). The van der Waals surface area contributed by atoms with Gasteiger partial charge in [0.2, 0.25) is 15.9 Å². The van der Waals surface area contributed by atoms with Gasteiger partial charge in [0.25, 0.3) is 11.8 Å². The first kappa shape index (κ1) is 22.6. The minimum atomic E-state index is -3.59. The molecule has 1 fully saturated rings. The molecule has 2 aromatic carbocycles. The minimum Gasteiger partial charge on any atom is -0.300 e. The molecule has 3 heterocycles. The summed E-state index contributed by atoms with van der Waals surface area (Å²) in [7, 11) is -3.59. The van der Waals surface area contributed by atoms with Crippen molar-refractivity contribution in [1.29, 1.82) is 0 Å². The molecule has 0 aliphatic carbocycles. The maximum Gasteiger partial charge on any atom is 0.262 e. The summed E-state index contributed by atoms with van der Waals surface area (Å²) < 4.78 is 28.1. The molecule has 0 radical (unpaired) electrons. The van der Waals surface area contributed by atoms with Gasteiger partial charge in [0, 0.05) is 13.1 Å². The van der Waals surface area contributed by atoms with Gasteiger partial charge in [-0.05, 0) is 50.1 Å². The summed E-state index contributed by atoms with van der Waals surface area (Å²) in [5, 5.41) is 2.92. The lowest BCUT2D eigenvalue weighted by atomic mass is 10.1. The standard InChI is InChI=1S/C23H22N4O5S2/c1-14(27-21(29)16-7-3-4-8-17(16)22(27)30)20(28)25-23-24-18-10-9-15(13-19(18)33-23)34(31,32)26-11-5-2-6-12-26/h3-4,7-10,13-14H,2,5-6,11-12H2,1H3,(H,24,25,28)/t14-/m1/s1. The maximum atomic E-state index is 13.0. The van der Waals surface area contributed by atoms with Gasteiger partial charge in [-0.3, -0.25) is 19.3 Å². The van der Waals surface area contributed by atoms with Crippen LogP contribution >= 0.6 is 11.3 Å². The summed E-state index contributed by atoms with van der Waals surface area (Å²) in [6.07, 6.45) is 2.73. The Morgan fingerprint density at radius 2 is 1.68 bits per heavy atom. The summed E-state index contributed by atoms with van der Waals surface area (Å²) >= 11 is 1.14. The molecular weight excluding hydrogens is 476 g/mol. The van der Waals surface area contributed by atoms with Crippen molar-refractivity contribution in [3.05, 3.63) is 53.6 Å². The molecule has 3 aromatic rings. The minimum absolute atomic E-state index is 0.197. The molecule has 2 aliphatic heterocycles. The molecule has 176 valence electrons. The van der Waals surface area contributed by atoms with Gasteiger partial charge in [0.1, 0.15) is 6.04 Å². The molecule has 11 heteroatoms. The molecule has 9 nitrogen and oxygen atoms in total. The number of sulfonamides is 1. The molecule has 2 aliphatic rings. The number of nitrogens with zero attached hydrogens (tertiary/aromatic N) is 3. The van der Waals surface area contributed by atoms with Crippen LogP contribution in [0.5, 0.6) is 0 Å². The number of hydrogen-bond acceptors (Lipinski definition) is 7. The van der Waals surface area contributed by atoms with E-state index in [1.807, 2.05) is 0 Å². The quantitative estimate of drug-likeness (QED) is 0.541. The van der Waals surface area contributed by atoms with Crippen molar-refractivity contribution in [2.24, 2.45) is 0 Å². The Hall–Kier alpha value is -3.15. The van der Waals surface area contributed by atoms with Gasteiger partial charge in [0.15, 0.2) is 5.13 Å². The van der Waals surface area contributed by atoms with E-state index in [4.69, 9.17) is 0 Å². The van der Waals surface area contributed by atoms with E-state index in [1.165, 1.54) is 17.3 Å². The van der Waals surface area contributed by atoms with Crippen LogP contribution in [0.1, 0.15) is 46.9 Å². The second-order valence-electron chi connectivity index (χ2n) is 8.30. The second-order valence-corrected chi connectivity index (χ2v) is 11.3. The van der Waals surface area contributed by atoms with Crippen molar-refractivity contribution in [3.63, 3.8) is 0 Å². The fraction of sp³-hybridized carbons (Fsp3) is 0.304. The zero-order chi connectivity index (χ0) is 24.0. The predicted octanol–water partition coefficient (Wildman–Crippen LogP) is 3.09. The molecule has 0 saturated carbocycles. The lowest BCUT2D eigenvalue weighted by Gasteiger charge is -2.25. The highest BCUT2D eigenvalue weighted by Crippen LogP contribution is 2.31. The summed E-state index contributed by atoms with van der Waals surface area (Å²) in [6, 6.07) is 10.1. The van der Waals surface area contributed by atoms with Crippen LogP contribution in [-0.4, -0.2) is 59.5 Å². The number of anilines is 1. The highest BCUT2D eigenvalue weighted by molar-refractivity contribution is 7.89. The Labute approximate surface area is 200 Å². The van der Waals surface area contributed by atoms with Crippen molar-refractivity contribution < 1.29 is 22.8 Å². The maximum absolute atomic E-state index is 13.0. The van der Waals surface area contributed by atoms with Gasteiger partial charge in [-0.2, -0.15) is 4.31 Å². The Morgan fingerprint density at radius 3 is 2.32 bits per heavy atom. The number of benzene rings is 2. The number of amides is 3. The van der Waals surface area contributed by atoms with Crippen molar-refractivity contribution >= 4 is 54.4 Å². The lowest BCUT2D eigenvalue weighted by Crippen LogP contribution is -2.45. The van der Waals surface area contributed by atoms with Crippen molar-refractivity contribution in [2.75, 3.05) is 18.4 Å². The average molecular weight is 499 g/mol.